The number of ether oxygens (including phenoxy) is 1. The Hall–Kier alpha value is -1.18. The van der Waals surface area contributed by atoms with E-state index in [0.29, 0.717) is 19.6 Å². The number of rotatable bonds is 6. The lowest BCUT2D eigenvalue weighted by Crippen LogP contribution is -2.52. The zero-order valence-corrected chi connectivity index (χ0v) is 12.2. The first-order chi connectivity index (χ1) is 9.55. The topological polar surface area (TPSA) is 90.9 Å². The van der Waals surface area contributed by atoms with Gasteiger partial charge >= 0.3 is 6.03 Å². The van der Waals surface area contributed by atoms with Gasteiger partial charge < -0.3 is 15.2 Å². The molecule has 2 unspecified atom stereocenters. The quantitative estimate of drug-likeness (QED) is 0.583. The summed E-state index contributed by atoms with van der Waals surface area (Å²) in [5.41, 5.74) is 0. The van der Waals surface area contributed by atoms with Crippen LogP contribution >= 0.6 is 0 Å². The van der Waals surface area contributed by atoms with Gasteiger partial charge in [-0.3, -0.25) is 15.0 Å². The molecule has 3 N–H and O–H groups in total. The second-order valence-corrected chi connectivity index (χ2v) is 5.10. The first-order valence-corrected chi connectivity index (χ1v) is 7.11. The smallest absolute Gasteiger partial charge is 0.321 e. The van der Waals surface area contributed by atoms with Gasteiger partial charge in [-0.05, 0) is 13.3 Å². The summed E-state index contributed by atoms with van der Waals surface area (Å²) in [6.07, 6.45) is 1.57. The van der Waals surface area contributed by atoms with Crippen molar-refractivity contribution < 1.29 is 19.4 Å². The third-order valence-corrected chi connectivity index (χ3v) is 3.04. The second-order valence-electron chi connectivity index (χ2n) is 5.10. The van der Waals surface area contributed by atoms with E-state index in [2.05, 4.69) is 10.6 Å². The molecule has 0 spiro atoms. The molecule has 1 saturated heterocycles. The predicted octanol–water partition coefficient (Wildman–Crippen LogP) is -0.306. The Labute approximate surface area is 119 Å². The maximum absolute atomic E-state index is 11.7. The molecule has 1 aliphatic heterocycles. The van der Waals surface area contributed by atoms with Crippen molar-refractivity contribution in [3.8, 4) is 0 Å². The molecule has 0 aromatic rings. The first-order valence-electron chi connectivity index (χ1n) is 7.11. The van der Waals surface area contributed by atoms with Gasteiger partial charge in [0.2, 0.25) is 5.91 Å². The number of carbonyl (C=O) groups excluding carboxylic acids is 2. The maximum atomic E-state index is 11.7. The third kappa shape index (κ3) is 6.31. The van der Waals surface area contributed by atoms with E-state index in [1.165, 1.54) is 0 Å². The largest absolute Gasteiger partial charge is 0.394 e. The number of carbonyl (C=O) groups is 2. The van der Waals surface area contributed by atoms with Crippen molar-refractivity contribution in [1.29, 1.82) is 0 Å². The van der Waals surface area contributed by atoms with E-state index in [1.54, 1.807) is 0 Å². The Morgan fingerprint density at radius 1 is 1.40 bits per heavy atom. The predicted molar refractivity (Wildman–Crippen MR) is 74.3 cm³/mol. The summed E-state index contributed by atoms with van der Waals surface area (Å²) >= 11 is 0. The summed E-state index contributed by atoms with van der Waals surface area (Å²) in [6.45, 7) is 5.65. The average molecular weight is 287 g/mol. The molecule has 3 amide bonds. The van der Waals surface area contributed by atoms with Gasteiger partial charge in [-0.25, -0.2) is 4.79 Å². The highest BCUT2D eigenvalue weighted by molar-refractivity contribution is 5.95. The summed E-state index contributed by atoms with van der Waals surface area (Å²) in [6, 6.07) is -0.455. The van der Waals surface area contributed by atoms with Crippen LogP contribution in [0.1, 0.15) is 26.7 Å². The number of aliphatic hydroxyl groups excluding tert-OH is 1. The summed E-state index contributed by atoms with van der Waals surface area (Å²) in [5, 5.41) is 14.0. The van der Waals surface area contributed by atoms with E-state index in [9.17, 15) is 9.59 Å². The lowest BCUT2D eigenvalue weighted by Gasteiger charge is -2.35. The number of aliphatic hydroxyl groups is 1. The summed E-state index contributed by atoms with van der Waals surface area (Å²) < 4.78 is 5.49. The number of hydrogen-bond donors (Lipinski definition) is 3. The Bertz CT molecular complexity index is 325. The van der Waals surface area contributed by atoms with Gasteiger partial charge in [-0.15, -0.1) is 0 Å². The highest BCUT2D eigenvalue weighted by atomic mass is 16.5. The number of amides is 3. The highest BCUT2D eigenvalue weighted by Gasteiger charge is 2.26. The molecule has 1 aliphatic rings. The number of urea groups is 1. The lowest BCUT2D eigenvalue weighted by atomic mass is 10.2. The zero-order valence-electron chi connectivity index (χ0n) is 12.2. The van der Waals surface area contributed by atoms with Crippen LogP contribution < -0.4 is 10.6 Å². The molecular formula is C13H25N3O4. The molecule has 20 heavy (non-hydrogen) atoms. The first kappa shape index (κ1) is 16.9. The van der Waals surface area contributed by atoms with Crippen LogP contribution in [0.15, 0.2) is 0 Å². The number of morpholine rings is 1. The number of nitrogens with one attached hydrogen (secondary N) is 2. The van der Waals surface area contributed by atoms with Crippen LogP contribution in [0, 0.1) is 0 Å². The molecule has 1 rings (SSSR count). The number of unbranched alkanes of at least 4 members (excludes halogenated alkanes) is 1. The third-order valence-electron chi connectivity index (χ3n) is 3.04. The van der Waals surface area contributed by atoms with Crippen molar-refractivity contribution in [2.45, 2.75) is 38.9 Å². The minimum Gasteiger partial charge on any atom is -0.394 e. The fraction of sp³-hybridized carbons (Fsp3) is 0.846. The van der Waals surface area contributed by atoms with E-state index in [1.807, 2.05) is 18.7 Å². The van der Waals surface area contributed by atoms with Crippen LogP contribution in [0.3, 0.4) is 0 Å². The van der Waals surface area contributed by atoms with Crippen LogP contribution in [-0.2, 0) is 9.53 Å². The molecule has 0 aromatic carbocycles. The zero-order chi connectivity index (χ0) is 15.0. The van der Waals surface area contributed by atoms with Gasteiger partial charge in [0.05, 0.1) is 25.4 Å². The monoisotopic (exact) mass is 287 g/mol. The van der Waals surface area contributed by atoms with Gasteiger partial charge in [0, 0.05) is 19.6 Å². The Morgan fingerprint density at radius 2 is 2.15 bits per heavy atom. The van der Waals surface area contributed by atoms with Crippen molar-refractivity contribution in [3.63, 3.8) is 0 Å². The van der Waals surface area contributed by atoms with E-state index in [-0.39, 0.29) is 31.3 Å². The molecule has 1 heterocycles. The van der Waals surface area contributed by atoms with Crippen molar-refractivity contribution in [2.24, 2.45) is 0 Å². The lowest BCUT2D eigenvalue weighted by molar-refractivity contribution is -0.127. The number of hydrogen-bond acceptors (Lipinski definition) is 5. The molecular weight excluding hydrogens is 262 g/mol. The van der Waals surface area contributed by atoms with Crippen molar-refractivity contribution in [2.75, 3.05) is 32.8 Å². The van der Waals surface area contributed by atoms with E-state index in [4.69, 9.17) is 9.84 Å². The molecule has 0 radical (unpaired) electrons. The van der Waals surface area contributed by atoms with Crippen LogP contribution in [0.5, 0.6) is 0 Å². The summed E-state index contributed by atoms with van der Waals surface area (Å²) in [7, 11) is 0. The van der Waals surface area contributed by atoms with Gasteiger partial charge in [-0.2, -0.15) is 0 Å². The molecule has 0 saturated carbocycles. The minimum atomic E-state index is -0.455. The molecule has 0 aromatic heterocycles. The molecule has 116 valence electrons. The molecule has 1 fully saturated rings. The van der Waals surface area contributed by atoms with Crippen LogP contribution in [0.25, 0.3) is 0 Å². The molecule has 0 aliphatic carbocycles. The Kier molecular flexibility index (Phi) is 7.50. The van der Waals surface area contributed by atoms with Gasteiger partial charge in [0.25, 0.3) is 0 Å². The number of imide groups is 1. The molecule has 7 heteroatoms. The summed E-state index contributed by atoms with van der Waals surface area (Å²) in [5.74, 6) is -0.343. The summed E-state index contributed by atoms with van der Waals surface area (Å²) in [4.78, 5) is 25.0. The Balaban J connectivity index is 2.28. The molecule has 0 bridgehead atoms. The van der Waals surface area contributed by atoms with E-state index in [0.717, 1.165) is 12.8 Å². The SMILES string of the molecule is CCCCNC(=O)NC(=O)CN1CC(C)OC(CO)C1. The van der Waals surface area contributed by atoms with Crippen molar-refractivity contribution in [1.82, 2.24) is 15.5 Å². The number of nitrogens with zero attached hydrogens (tertiary/aromatic N) is 1. The van der Waals surface area contributed by atoms with Crippen molar-refractivity contribution in [3.05, 3.63) is 0 Å². The minimum absolute atomic E-state index is 0.0351. The van der Waals surface area contributed by atoms with Crippen LogP contribution in [0.4, 0.5) is 4.79 Å². The fourth-order valence-electron chi connectivity index (χ4n) is 2.16. The van der Waals surface area contributed by atoms with Gasteiger partial charge in [0.1, 0.15) is 0 Å². The Morgan fingerprint density at radius 3 is 2.80 bits per heavy atom. The molecule has 7 nitrogen and oxygen atoms in total. The second kappa shape index (κ2) is 8.89. The van der Waals surface area contributed by atoms with E-state index < -0.39 is 6.03 Å². The standard InChI is InChI=1S/C13H25N3O4/c1-3-4-5-14-13(19)15-12(18)8-16-6-10(2)20-11(7-16)9-17/h10-11,17H,3-9H2,1-2H3,(H2,14,15,18,19). The van der Waals surface area contributed by atoms with Gasteiger partial charge in [-0.1, -0.05) is 13.3 Å². The van der Waals surface area contributed by atoms with Crippen LogP contribution in [-0.4, -0.2) is 66.9 Å². The van der Waals surface area contributed by atoms with Crippen LogP contribution in [0.2, 0.25) is 0 Å². The normalized spacial score (nSPS) is 23.4. The fourth-order valence-corrected chi connectivity index (χ4v) is 2.16. The average Bonchev–Trinajstić information content (AvgIpc) is 2.37. The van der Waals surface area contributed by atoms with Crippen molar-refractivity contribution >= 4 is 11.9 Å². The maximum Gasteiger partial charge on any atom is 0.321 e. The van der Waals surface area contributed by atoms with E-state index >= 15 is 0 Å². The van der Waals surface area contributed by atoms with Gasteiger partial charge in [0.15, 0.2) is 0 Å². The molecule has 2 atom stereocenters. The highest BCUT2D eigenvalue weighted by Crippen LogP contribution is 2.10.